The first-order valence-corrected chi connectivity index (χ1v) is 7.49. The average molecular weight is 567 g/mol. The molecule has 0 aromatic heterocycles. The lowest BCUT2D eigenvalue weighted by molar-refractivity contribution is 1.47. The topological polar surface area (TPSA) is 3.24 Å². The zero-order valence-corrected chi connectivity index (χ0v) is 15.3. The lowest BCUT2D eigenvalue weighted by Gasteiger charge is -2.12. The molecule has 1 aromatic carbocycles. The van der Waals surface area contributed by atoms with Crippen LogP contribution in [0.25, 0.3) is 0 Å². The van der Waals surface area contributed by atoms with Crippen molar-refractivity contribution >= 4 is 102 Å². The van der Waals surface area contributed by atoms with Crippen LogP contribution in [0.3, 0.4) is 0 Å². The predicted molar refractivity (Wildman–Crippen MR) is 77.6 cm³/mol. The SMILES string of the molecule is Brc1cc(N(Br)Br)c(Br)c(Br)c1Br. The first-order chi connectivity index (χ1) is 5.95. The number of anilines is 1. The Morgan fingerprint density at radius 2 is 1.38 bits per heavy atom. The highest BCUT2D eigenvalue weighted by Gasteiger charge is 2.14. The number of halogens is 6. The number of hydrogen-bond donors (Lipinski definition) is 0. The van der Waals surface area contributed by atoms with Crippen LogP contribution in [-0.4, -0.2) is 0 Å². The molecule has 0 amide bonds. The zero-order valence-electron chi connectivity index (χ0n) is 5.79. The van der Waals surface area contributed by atoms with Gasteiger partial charge in [0.1, 0.15) is 0 Å². The molecule has 0 N–H and O–H groups in total. The molecule has 0 aliphatic rings. The fraction of sp³-hybridized carbons (Fsp3) is 0. The van der Waals surface area contributed by atoms with E-state index in [2.05, 4.69) is 96.0 Å². The van der Waals surface area contributed by atoms with Crippen LogP contribution >= 0.6 is 96.0 Å². The van der Waals surface area contributed by atoms with Gasteiger partial charge in [0.05, 0.1) is 42.5 Å². The van der Waals surface area contributed by atoms with Crippen LogP contribution < -0.4 is 2.95 Å². The molecular weight excluding hydrogens is 565 g/mol. The van der Waals surface area contributed by atoms with Crippen molar-refractivity contribution in [1.82, 2.24) is 0 Å². The molecule has 0 fully saturated rings. The maximum Gasteiger partial charge on any atom is 0.0760 e. The monoisotopic (exact) mass is 561 g/mol. The van der Waals surface area contributed by atoms with Gasteiger partial charge in [-0.05, 0) is 69.8 Å². The van der Waals surface area contributed by atoms with Crippen LogP contribution in [-0.2, 0) is 0 Å². The molecule has 0 heterocycles. The van der Waals surface area contributed by atoms with E-state index in [-0.39, 0.29) is 0 Å². The number of hydrogen-bond acceptors (Lipinski definition) is 1. The van der Waals surface area contributed by atoms with E-state index in [9.17, 15) is 0 Å². The predicted octanol–water partition coefficient (Wildman–Crippen LogP) is 6.16. The van der Waals surface area contributed by atoms with Gasteiger partial charge in [-0.3, -0.25) is 0 Å². The van der Waals surface area contributed by atoms with E-state index in [1.54, 1.807) is 2.95 Å². The summed E-state index contributed by atoms with van der Waals surface area (Å²) in [5, 5.41) is 0. The van der Waals surface area contributed by atoms with Crippen molar-refractivity contribution in [3.63, 3.8) is 0 Å². The quantitative estimate of drug-likeness (QED) is 0.224. The second-order valence-electron chi connectivity index (χ2n) is 2.05. The Balaban J connectivity index is 3.41. The molecule has 0 atom stereocenters. The van der Waals surface area contributed by atoms with Gasteiger partial charge in [-0.15, -0.1) is 0 Å². The summed E-state index contributed by atoms with van der Waals surface area (Å²) < 4.78 is 5.54. The van der Waals surface area contributed by atoms with Gasteiger partial charge in [-0.1, -0.05) is 0 Å². The molecule has 0 saturated heterocycles. The molecule has 13 heavy (non-hydrogen) atoms. The highest BCUT2D eigenvalue weighted by atomic mass is 79.9. The smallest absolute Gasteiger partial charge is 0.0760 e. The van der Waals surface area contributed by atoms with Gasteiger partial charge in [-0.2, -0.15) is 0 Å². The summed E-state index contributed by atoms with van der Waals surface area (Å²) in [6.45, 7) is 0. The molecule has 1 rings (SSSR count). The third-order valence-electron chi connectivity index (χ3n) is 1.27. The largest absolute Gasteiger partial charge is 0.241 e. The van der Waals surface area contributed by atoms with Crippen molar-refractivity contribution in [3.8, 4) is 0 Å². The Morgan fingerprint density at radius 1 is 0.846 bits per heavy atom. The van der Waals surface area contributed by atoms with E-state index in [0.717, 1.165) is 23.6 Å². The van der Waals surface area contributed by atoms with Crippen LogP contribution in [0.15, 0.2) is 24.0 Å². The van der Waals surface area contributed by atoms with Gasteiger partial charge < -0.3 is 0 Å². The first kappa shape index (κ1) is 13.0. The van der Waals surface area contributed by atoms with Crippen LogP contribution in [0.2, 0.25) is 0 Å². The fourth-order valence-corrected chi connectivity index (χ4v) is 3.89. The maximum atomic E-state index is 3.47. The highest BCUT2D eigenvalue weighted by molar-refractivity contribution is 9.25. The Labute approximate surface area is 127 Å². The summed E-state index contributed by atoms with van der Waals surface area (Å²) in [6, 6.07) is 1.96. The molecular formula is C6HBr6N. The third-order valence-corrected chi connectivity index (χ3v) is 6.67. The van der Waals surface area contributed by atoms with Crippen molar-refractivity contribution in [2.24, 2.45) is 0 Å². The second kappa shape index (κ2) is 5.30. The van der Waals surface area contributed by atoms with Gasteiger partial charge in [0, 0.05) is 13.4 Å². The minimum Gasteiger partial charge on any atom is -0.241 e. The standard InChI is InChI=1S/C6HBr6N/c7-2-1-3(13(11)12)5(9)6(10)4(2)8/h1H. The van der Waals surface area contributed by atoms with Crippen molar-refractivity contribution in [2.45, 2.75) is 0 Å². The molecule has 0 aliphatic heterocycles. The normalized spacial score (nSPS) is 10.3. The lowest BCUT2D eigenvalue weighted by atomic mass is 10.3. The van der Waals surface area contributed by atoms with Crippen LogP contribution in [0.1, 0.15) is 0 Å². The Bertz CT molecular complexity index is 336. The molecule has 0 saturated carbocycles. The van der Waals surface area contributed by atoms with Gasteiger partial charge in [0.2, 0.25) is 0 Å². The van der Waals surface area contributed by atoms with Crippen molar-refractivity contribution < 1.29 is 0 Å². The summed E-state index contributed by atoms with van der Waals surface area (Å²) in [7, 11) is 0. The van der Waals surface area contributed by atoms with Crippen LogP contribution in [0, 0.1) is 0 Å². The van der Waals surface area contributed by atoms with E-state index in [4.69, 9.17) is 0 Å². The summed E-state index contributed by atoms with van der Waals surface area (Å²) in [5.41, 5.74) is 0.960. The molecule has 0 bridgehead atoms. The molecule has 7 heteroatoms. The molecule has 0 radical (unpaired) electrons. The van der Waals surface area contributed by atoms with E-state index in [1.807, 2.05) is 6.07 Å². The van der Waals surface area contributed by atoms with Crippen LogP contribution in [0.5, 0.6) is 0 Å². The van der Waals surface area contributed by atoms with Crippen LogP contribution in [0.4, 0.5) is 5.69 Å². The molecule has 0 aliphatic carbocycles. The zero-order chi connectivity index (χ0) is 10.2. The number of nitrogens with zero attached hydrogens (tertiary/aromatic N) is 1. The average Bonchev–Trinajstić information content (AvgIpc) is 2.07. The van der Waals surface area contributed by atoms with E-state index in [0.29, 0.717) is 0 Å². The summed E-state index contributed by atoms with van der Waals surface area (Å²) in [6.07, 6.45) is 0. The highest BCUT2D eigenvalue weighted by Crippen LogP contribution is 2.44. The van der Waals surface area contributed by atoms with Crippen molar-refractivity contribution in [2.75, 3.05) is 2.95 Å². The Morgan fingerprint density at radius 3 is 1.85 bits per heavy atom. The molecule has 0 spiro atoms. The third kappa shape index (κ3) is 2.93. The van der Waals surface area contributed by atoms with Gasteiger partial charge in [0.25, 0.3) is 0 Å². The van der Waals surface area contributed by atoms with Gasteiger partial charge in [0.15, 0.2) is 0 Å². The lowest BCUT2D eigenvalue weighted by Crippen LogP contribution is -1.93. The summed E-state index contributed by atoms with van der Waals surface area (Å²) in [4.78, 5) is 0. The first-order valence-electron chi connectivity index (χ1n) is 2.89. The van der Waals surface area contributed by atoms with Crippen molar-refractivity contribution in [1.29, 1.82) is 0 Å². The minimum absolute atomic E-state index is 0.955. The number of benzene rings is 1. The van der Waals surface area contributed by atoms with E-state index < -0.39 is 0 Å². The Kier molecular flexibility index (Phi) is 5.28. The molecule has 0 unspecified atom stereocenters. The van der Waals surface area contributed by atoms with E-state index >= 15 is 0 Å². The van der Waals surface area contributed by atoms with E-state index in [1.165, 1.54) is 0 Å². The number of rotatable bonds is 1. The summed E-state index contributed by atoms with van der Waals surface area (Å²) in [5.74, 6) is 0. The van der Waals surface area contributed by atoms with Crippen molar-refractivity contribution in [3.05, 3.63) is 24.0 Å². The summed E-state index contributed by atoms with van der Waals surface area (Å²) >= 11 is 20.4. The molecule has 1 nitrogen and oxygen atoms in total. The van der Waals surface area contributed by atoms with Gasteiger partial charge in [-0.25, -0.2) is 2.95 Å². The maximum absolute atomic E-state index is 3.47. The fourth-order valence-electron chi connectivity index (χ4n) is 0.683. The Hall–Kier alpha value is 1.90. The molecule has 1 aromatic rings. The second-order valence-corrected chi connectivity index (χ2v) is 7.66. The minimum atomic E-state index is 0.955. The molecule has 72 valence electrons. The van der Waals surface area contributed by atoms with Gasteiger partial charge >= 0.3 is 0 Å².